The van der Waals surface area contributed by atoms with Crippen LogP contribution >= 0.6 is 11.3 Å². The molecule has 0 saturated carbocycles. The molecule has 3 N–H and O–H groups in total. The molecule has 0 saturated heterocycles. The SMILES string of the molecule is NNc1nc2ccc(OCc3ccc(F)cc3)cc2s1. The maximum absolute atomic E-state index is 12.8. The van der Waals surface area contributed by atoms with Crippen molar-refractivity contribution in [3.63, 3.8) is 0 Å². The van der Waals surface area contributed by atoms with Crippen molar-refractivity contribution in [2.24, 2.45) is 5.84 Å². The summed E-state index contributed by atoms with van der Waals surface area (Å²) >= 11 is 1.46. The Labute approximate surface area is 119 Å². The van der Waals surface area contributed by atoms with Gasteiger partial charge in [-0.25, -0.2) is 15.2 Å². The average Bonchev–Trinajstić information content (AvgIpc) is 2.89. The Morgan fingerprint density at radius 1 is 1.20 bits per heavy atom. The van der Waals surface area contributed by atoms with Gasteiger partial charge in [-0.05, 0) is 35.9 Å². The second-order valence-electron chi connectivity index (χ2n) is 4.21. The maximum atomic E-state index is 12.8. The summed E-state index contributed by atoms with van der Waals surface area (Å²) in [5.41, 5.74) is 4.32. The molecular weight excluding hydrogens is 277 g/mol. The molecule has 1 aromatic heterocycles. The molecule has 102 valence electrons. The summed E-state index contributed by atoms with van der Waals surface area (Å²) < 4.78 is 19.5. The van der Waals surface area contributed by atoms with E-state index in [9.17, 15) is 4.39 Å². The summed E-state index contributed by atoms with van der Waals surface area (Å²) in [6.07, 6.45) is 0. The van der Waals surface area contributed by atoms with Gasteiger partial charge in [0.2, 0.25) is 0 Å². The number of rotatable bonds is 4. The number of hydrogen-bond donors (Lipinski definition) is 2. The molecule has 0 unspecified atom stereocenters. The third-order valence-corrected chi connectivity index (χ3v) is 3.75. The molecule has 3 aromatic rings. The van der Waals surface area contributed by atoms with Crippen LogP contribution in [-0.4, -0.2) is 4.98 Å². The summed E-state index contributed by atoms with van der Waals surface area (Å²) in [7, 11) is 0. The smallest absolute Gasteiger partial charge is 0.198 e. The maximum Gasteiger partial charge on any atom is 0.198 e. The van der Waals surface area contributed by atoms with Crippen LogP contribution in [0.5, 0.6) is 5.75 Å². The minimum absolute atomic E-state index is 0.248. The van der Waals surface area contributed by atoms with Gasteiger partial charge in [0.15, 0.2) is 5.13 Å². The number of thiazole rings is 1. The Hall–Kier alpha value is -2.18. The Morgan fingerprint density at radius 3 is 2.75 bits per heavy atom. The number of nitrogens with two attached hydrogens (primary N) is 1. The van der Waals surface area contributed by atoms with Crippen LogP contribution in [0.2, 0.25) is 0 Å². The standard InChI is InChI=1S/C14H12FN3OS/c15-10-3-1-9(2-4-10)8-19-11-5-6-12-13(7-11)20-14(17-12)18-16/h1-7H,8,16H2,(H,17,18). The fourth-order valence-corrected chi connectivity index (χ4v) is 2.61. The van der Waals surface area contributed by atoms with Crippen LogP contribution in [0.15, 0.2) is 42.5 Å². The van der Waals surface area contributed by atoms with Gasteiger partial charge in [0.25, 0.3) is 0 Å². The lowest BCUT2D eigenvalue weighted by molar-refractivity contribution is 0.306. The van der Waals surface area contributed by atoms with E-state index in [0.29, 0.717) is 11.7 Å². The average molecular weight is 289 g/mol. The number of aromatic nitrogens is 1. The zero-order valence-corrected chi connectivity index (χ0v) is 11.3. The number of nitrogen functional groups attached to an aromatic ring is 1. The molecule has 0 aliphatic heterocycles. The van der Waals surface area contributed by atoms with Crippen LogP contribution in [0.4, 0.5) is 9.52 Å². The highest BCUT2D eigenvalue weighted by molar-refractivity contribution is 7.22. The summed E-state index contributed by atoms with van der Waals surface area (Å²) in [5, 5.41) is 0.663. The van der Waals surface area contributed by atoms with Crippen LogP contribution in [0.25, 0.3) is 10.2 Å². The Morgan fingerprint density at radius 2 is 2.00 bits per heavy atom. The van der Waals surface area contributed by atoms with E-state index in [-0.39, 0.29) is 5.82 Å². The van der Waals surface area contributed by atoms with Gasteiger partial charge in [-0.1, -0.05) is 23.5 Å². The fraction of sp³-hybridized carbons (Fsp3) is 0.0714. The van der Waals surface area contributed by atoms with Crippen molar-refractivity contribution in [3.05, 3.63) is 53.8 Å². The Balaban J connectivity index is 1.75. The monoisotopic (exact) mass is 289 g/mol. The molecule has 0 aliphatic carbocycles. The molecule has 0 aliphatic rings. The molecule has 2 aromatic carbocycles. The first-order valence-electron chi connectivity index (χ1n) is 5.99. The molecule has 0 radical (unpaired) electrons. The van der Waals surface area contributed by atoms with E-state index in [1.165, 1.54) is 23.5 Å². The van der Waals surface area contributed by atoms with Crippen molar-refractivity contribution in [1.82, 2.24) is 4.98 Å². The quantitative estimate of drug-likeness (QED) is 0.571. The van der Waals surface area contributed by atoms with Gasteiger partial charge in [0.1, 0.15) is 18.2 Å². The second kappa shape index (κ2) is 5.44. The van der Waals surface area contributed by atoms with Crippen molar-refractivity contribution in [2.45, 2.75) is 6.61 Å². The van der Waals surface area contributed by atoms with E-state index < -0.39 is 0 Å². The highest BCUT2D eigenvalue weighted by Crippen LogP contribution is 2.28. The summed E-state index contributed by atoms with van der Waals surface area (Å²) in [6.45, 7) is 0.395. The van der Waals surface area contributed by atoms with Crippen LogP contribution in [0.1, 0.15) is 5.56 Å². The Bertz CT molecular complexity index is 727. The van der Waals surface area contributed by atoms with Crippen LogP contribution in [0.3, 0.4) is 0 Å². The minimum Gasteiger partial charge on any atom is -0.489 e. The number of halogens is 1. The summed E-state index contributed by atoms with van der Waals surface area (Å²) in [4.78, 5) is 4.29. The first-order chi connectivity index (χ1) is 9.74. The Kier molecular flexibility index (Phi) is 3.49. The molecule has 0 bridgehead atoms. The molecule has 0 fully saturated rings. The van der Waals surface area contributed by atoms with Gasteiger partial charge in [0, 0.05) is 0 Å². The van der Waals surface area contributed by atoms with E-state index in [1.807, 2.05) is 18.2 Å². The lowest BCUT2D eigenvalue weighted by Gasteiger charge is -2.06. The van der Waals surface area contributed by atoms with Crippen molar-refractivity contribution in [1.29, 1.82) is 0 Å². The van der Waals surface area contributed by atoms with Crippen molar-refractivity contribution < 1.29 is 9.13 Å². The zero-order valence-electron chi connectivity index (χ0n) is 10.5. The number of benzene rings is 2. The molecule has 20 heavy (non-hydrogen) atoms. The van der Waals surface area contributed by atoms with Gasteiger partial charge in [-0.3, -0.25) is 5.43 Å². The summed E-state index contributed by atoms with van der Waals surface area (Å²) in [6, 6.07) is 11.9. The van der Waals surface area contributed by atoms with E-state index in [1.54, 1.807) is 12.1 Å². The number of hydrogen-bond acceptors (Lipinski definition) is 5. The number of hydrazine groups is 1. The van der Waals surface area contributed by atoms with Crippen LogP contribution in [-0.2, 0) is 6.61 Å². The van der Waals surface area contributed by atoms with E-state index in [2.05, 4.69) is 10.4 Å². The predicted molar refractivity (Wildman–Crippen MR) is 78.2 cm³/mol. The van der Waals surface area contributed by atoms with Gasteiger partial charge >= 0.3 is 0 Å². The molecule has 6 heteroatoms. The largest absolute Gasteiger partial charge is 0.489 e. The first-order valence-corrected chi connectivity index (χ1v) is 6.81. The third-order valence-electron chi connectivity index (χ3n) is 2.80. The number of ether oxygens (including phenoxy) is 1. The van der Waals surface area contributed by atoms with E-state index >= 15 is 0 Å². The minimum atomic E-state index is -0.248. The lowest BCUT2D eigenvalue weighted by atomic mass is 10.2. The molecule has 0 amide bonds. The van der Waals surface area contributed by atoms with Gasteiger partial charge in [0.05, 0.1) is 10.2 Å². The van der Waals surface area contributed by atoms with Gasteiger partial charge in [-0.2, -0.15) is 0 Å². The molecule has 3 rings (SSSR count). The van der Waals surface area contributed by atoms with Crippen molar-refractivity contribution >= 4 is 26.7 Å². The molecule has 4 nitrogen and oxygen atoms in total. The van der Waals surface area contributed by atoms with Crippen molar-refractivity contribution in [2.75, 3.05) is 5.43 Å². The topological polar surface area (TPSA) is 60.2 Å². The third kappa shape index (κ3) is 2.71. The van der Waals surface area contributed by atoms with E-state index in [0.717, 1.165) is 21.5 Å². The number of nitrogens with one attached hydrogen (secondary N) is 1. The highest BCUT2D eigenvalue weighted by Gasteiger charge is 2.04. The first kappa shape index (κ1) is 12.8. The zero-order chi connectivity index (χ0) is 13.9. The lowest BCUT2D eigenvalue weighted by Crippen LogP contribution is -2.05. The second-order valence-corrected chi connectivity index (χ2v) is 5.24. The molecule has 1 heterocycles. The van der Waals surface area contributed by atoms with Gasteiger partial charge < -0.3 is 4.74 Å². The molecule has 0 spiro atoms. The van der Waals surface area contributed by atoms with Crippen molar-refractivity contribution in [3.8, 4) is 5.75 Å². The van der Waals surface area contributed by atoms with Gasteiger partial charge in [-0.15, -0.1) is 0 Å². The molecule has 0 atom stereocenters. The predicted octanol–water partition coefficient (Wildman–Crippen LogP) is 3.30. The molecular formula is C14H12FN3OS. The fourth-order valence-electron chi connectivity index (χ4n) is 1.80. The van der Waals surface area contributed by atoms with Crippen LogP contribution in [0, 0.1) is 5.82 Å². The number of nitrogens with zero attached hydrogens (tertiary/aromatic N) is 1. The number of fused-ring (bicyclic) bond motifs is 1. The summed E-state index contributed by atoms with van der Waals surface area (Å²) in [5.74, 6) is 5.83. The number of anilines is 1. The van der Waals surface area contributed by atoms with Crippen LogP contribution < -0.4 is 16.0 Å². The highest BCUT2D eigenvalue weighted by atomic mass is 32.1. The normalized spacial score (nSPS) is 10.7. The van der Waals surface area contributed by atoms with E-state index in [4.69, 9.17) is 10.6 Å².